The van der Waals surface area contributed by atoms with Crippen LogP contribution in [0, 0.1) is 18.7 Å². The van der Waals surface area contributed by atoms with Gasteiger partial charge >= 0.3 is 6.18 Å². The molecule has 1 unspecified atom stereocenters. The highest BCUT2D eigenvalue weighted by atomic mass is 19.4. The fourth-order valence-electron chi connectivity index (χ4n) is 5.14. The maximum Gasteiger partial charge on any atom is 0.416 e. The molecular weight excluding hydrogens is 488 g/mol. The first kappa shape index (κ1) is 26.9. The number of alkyl halides is 3. The van der Waals surface area contributed by atoms with Crippen molar-refractivity contribution in [2.24, 2.45) is 5.92 Å². The molecule has 0 spiro atoms. The third-order valence-electron chi connectivity index (χ3n) is 7.20. The Labute approximate surface area is 213 Å². The molecule has 1 saturated carbocycles. The van der Waals surface area contributed by atoms with Crippen molar-refractivity contribution in [3.05, 3.63) is 58.7 Å². The van der Waals surface area contributed by atoms with Crippen LogP contribution in [0.4, 0.5) is 23.2 Å². The standard InChI is InChI=1S/C27H32F4N4O2/c1-4-18-9-11-23(35(18)26(37)20-12-15(3)33-14-22(20)32-5-2)25(36)34-24(16-6-7-16)19-10-8-17(13-21(19)28)27(29,30)31/h8,10,12-14,16,18,23-24,32H,4-7,9,11H2,1-3H3,(H,34,36)/t18-,23-,24?/m1/s1. The molecule has 6 nitrogen and oxygen atoms in total. The Hall–Kier alpha value is -3.17. The summed E-state index contributed by atoms with van der Waals surface area (Å²) in [6, 6.07) is 2.46. The number of likely N-dealkylation sites (tertiary alicyclic amines) is 1. The van der Waals surface area contributed by atoms with Crippen LogP contribution < -0.4 is 10.6 Å². The fraction of sp³-hybridized carbons (Fsp3) is 0.519. The number of nitrogens with zero attached hydrogens (tertiary/aromatic N) is 2. The lowest BCUT2D eigenvalue weighted by Crippen LogP contribution is -2.50. The molecule has 200 valence electrons. The van der Waals surface area contributed by atoms with E-state index in [0.29, 0.717) is 48.8 Å². The van der Waals surface area contributed by atoms with E-state index < -0.39 is 35.5 Å². The van der Waals surface area contributed by atoms with Crippen LogP contribution >= 0.6 is 0 Å². The van der Waals surface area contributed by atoms with E-state index in [1.165, 1.54) is 0 Å². The van der Waals surface area contributed by atoms with Crippen molar-refractivity contribution < 1.29 is 27.2 Å². The van der Waals surface area contributed by atoms with Crippen molar-refractivity contribution in [2.75, 3.05) is 11.9 Å². The Bertz CT molecular complexity index is 1170. The third-order valence-corrected chi connectivity index (χ3v) is 7.20. The third kappa shape index (κ3) is 5.72. The highest BCUT2D eigenvalue weighted by molar-refractivity contribution is 6.02. The van der Waals surface area contributed by atoms with Crippen LogP contribution in [0.15, 0.2) is 30.5 Å². The molecule has 2 fully saturated rings. The van der Waals surface area contributed by atoms with Gasteiger partial charge < -0.3 is 15.5 Å². The Balaban J connectivity index is 1.60. The van der Waals surface area contributed by atoms with E-state index in [-0.39, 0.29) is 23.4 Å². The Morgan fingerprint density at radius 2 is 1.86 bits per heavy atom. The van der Waals surface area contributed by atoms with Crippen LogP contribution in [0.5, 0.6) is 0 Å². The number of benzene rings is 1. The number of carbonyl (C=O) groups excluding carboxylic acids is 2. The number of aromatic nitrogens is 1. The van der Waals surface area contributed by atoms with E-state index in [0.717, 1.165) is 25.0 Å². The second-order valence-corrected chi connectivity index (χ2v) is 9.83. The summed E-state index contributed by atoms with van der Waals surface area (Å²) < 4.78 is 53.9. The SMILES string of the molecule is CCNc1cnc(C)cc1C(=O)N1[C@H](CC)CC[C@@H]1C(=O)NC(c1ccc(C(F)(F)F)cc1F)C1CC1. The van der Waals surface area contributed by atoms with Gasteiger partial charge in [-0.25, -0.2) is 4.39 Å². The van der Waals surface area contributed by atoms with Crippen LogP contribution in [-0.4, -0.2) is 40.3 Å². The van der Waals surface area contributed by atoms with Gasteiger partial charge in [-0.3, -0.25) is 14.6 Å². The van der Waals surface area contributed by atoms with E-state index in [1.807, 2.05) is 13.8 Å². The average Bonchev–Trinajstić information content (AvgIpc) is 3.60. The van der Waals surface area contributed by atoms with Crippen molar-refractivity contribution in [1.29, 1.82) is 0 Å². The molecule has 2 aliphatic rings. The van der Waals surface area contributed by atoms with Crippen LogP contribution in [0.3, 0.4) is 0 Å². The largest absolute Gasteiger partial charge is 0.416 e. The second-order valence-electron chi connectivity index (χ2n) is 9.83. The van der Waals surface area contributed by atoms with Gasteiger partial charge in [0.05, 0.1) is 29.1 Å². The van der Waals surface area contributed by atoms with Crippen molar-refractivity contribution in [2.45, 2.75) is 77.2 Å². The second kappa shape index (κ2) is 10.7. The Morgan fingerprint density at radius 3 is 2.46 bits per heavy atom. The van der Waals surface area contributed by atoms with Gasteiger partial charge in [-0.15, -0.1) is 0 Å². The molecule has 0 radical (unpaired) electrons. The first-order valence-electron chi connectivity index (χ1n) is 12.7. The zero-order chi connectivity index (χ0) is 26.9. The first-order valence-corrected chi connectivity index (χ1v) is 12.7. The van der Waals surface area contributed by atoms with Gasteiger partial charge in [0.1, 0.15) is 11.9 Å². The predicted octanol–water partition coefficient (Wildman–Crippen LogP) is 5.63. The maximum absolute atomic E-state index is 14.8. The number of halogens is 4. The van der Waals surface area contributed by atoms with Crippen LogP contribution in [-0.2, 0) is 11.0 Å². The monoisotopic (exact) mass is 520 g/mol. The molecule has 10 heteroatoms. The number of carbonyl (C=O) groups is 2. The van der Waals surface area contributed by atoms with Crippen LogP contribution in [0.25, 0.3) is 0 Å². The Morgan fingerprint density at radius 1 is 1.14 bits per heavy atom. The summed E-state index contributed by atoms with van der Waals surface area (Å²) in [7, 11) is 0. The van der Waals surface area contributed by atoms with Crippen LogP contribution in [0.1, 0.15) is 79.2 Å². The normalized spacial score (nSPS) is 20.6. The zero-order valence-electron chi connectivity index (χ0n) is 21.2. The molecule has 1 aliphatic carbocycles. The molecule has 1 aromatic heterocycles. The van der Waals surface area contributed by atoms with Crippen LogP contribution in [0.2, 0.25) is 0 Å². The Kier molecular flexibility index (Phi) is 7.75. The fourth-order valence-corrected chi connectivity index (χ4v) is 5.14. The summed E-state index contributed by atoms with van der Waals surface area (Å²) in [5, 5.41) is 6.04. The molecule has 2 aromatic rings. The lowest BCUT2D eigenvalue weighted by atomic mass is 9.99. The minimum atomic E-state index is -4.66. The summed E-state index contributed by atoms with van der Waals surface area (Å²) in [6.07, 6.45) is 0.170. The summed E-state index contributed by atoms with van der Waals surface area (Å²) in [5.41, 5.74) is 0.648. The van der Waals surface area contributed by atoms with Gasteiger partial charge in [0.25, 0.3) is 5.91 Å². The molecule has 1 saturated heterocycles. The minimum absolute atomic E-state index is 0.0333. The number of anilines is 1. The van der Waals surface area contributed by atoms with Gasteiger partial charge in [-0.05, 0) is 70.1 Å². The zero-order valence-corrected chi connectivity index (χ0v) is 21.2. The molecule has 2 N–H and O–H groups in total. The number of amides is 2. The highest BCUT2D eigenvalue weighted by Gasteiger charge is 2.43. The average molecular weight is 521 g/mol. The number of hydrogen-bond donors (Lipinski definition) is 2. The minimum Gasteiger partial charge on any atom is -0.383 e. The lowest BCUT2D eigenvalue weighted by molar-refractivity contribution is -0.137. The van der Waals surface area contributed by atoms with Gasteiger partial charge in [0.2, 0.25) is 5.91 Å². The van der Waals surface area contributed by atoms with E-state index in [4.69, 9.17) is 0 Å². The summed E-state index contributed by atoms with van der Waals surface area (Å²) in [4.78, 5) is 33.2. The van der Waals surface area contributed by atoms with Gasteiger partial charge in [0.15, 0.2) is 0 Å². The first-order chi connectivity index (χ1) is 17.5. The van der Waals surface area contributed by atoms with Crippen molar-refractivity contribution in [3.8, 4) is 0 Å². The number of hydrogen-bond acceptors (Lipinski definition) is 4. The highest BCUT2D eigenvalue weighted by Crippen LogP contribution is 2.43. The summed E-state index contributed by atoms with van der Waals surface area (Å²) in [6.45, 7) is 6.25. The number of pyridine rings is 1. The van der Waals surface area contributed by atoms with E-state index in [1.54, 1.807) is 24.1 Å². The molecule has 1 aromatic carbocycles. The van der Waals surface area contributed by atoms with Crippen molar-refractivity contribution in [1.82, 2.24) is 15.2 Å². The van der Waals surface area contributed by atoms with Gasteiger partial charge in [0, 0.05) is 23.8 Å². The van der Waals surface area contributed by atoms with E-state index in [9.17, 15) is 27.2 Å². The molecular formula is C27H32F4N4O2. The van der Waals surface area contributed by atoms with Crippen molar-refractivity contribution >= 4 is 17.5 Å². The van der Waals surface area contributed by atoms with Gasteiger partial charge in [-0.1, -0.05) is 13.0 Å². The molecule has 0 bridgehead atoms. The molecule has 3 atom stereocenters. The van der Waals surface area contributed by atoms with Crippen molar-refractivity contribution in [3.63, 3.8) is 0 Å². The number of aryl methyl sites for hydroxylation is 1. The summed E-state index contributed by atoms with van der Waals surface area (Å²) >= 11 is 0. The maximum atomic E-state index is 14.8. The predicted molar refractivity (Wildman–Crippen MR) is 131 cm³/mol. The topological polar surface area (TPSA) is 74.3 Å². The quantitative estimate of drug-likeness (QED) is 0.443. The lowest BCUT2D eigenvalue weighted by Gasteiger charge is -2.31. The smallest absolute Gasteiger partial charge is 0.383 e. The molecule has 2 amide bonds. The molecule has 1 aliphatic heterocycles. The van der Waals surface area contributed by atoms with E-state index in [2.05, 4.69) is 15.6 Å². The number of rotatable bonds is 8. The molecule has 37 heavy (non-hydrogen) atoms. The molecule has 2 heterocycles. The van der Waals surface area contributed by atoms with Gasteiger partial charge in [-0.2, -0.15) is 13.2 Å². The summed E-state index contributed by atoms with van der Waals surface area (Å²) in [5.74, 6) is -1.77. The van der Waals surface area contributed by atoms with E-state index >= 15 is 0 Å². The number of nitrogens with one attached hydrogen (secondary N) is 2. The molecule has 4 rings (SSSR count).